The maximum atomic E-state index is 7.68. The van der Waals surface area contributed by atoms with Crippen LogP contribution in [0.15, 0.2) is 18.9 Å². The lowest BCUT2D eigenvalue weighted by Crippen LogP contribution is -2.13. The van der Waals surface area contributed by atoms with Gasteiger partial charge in [-0.1, -0.05) is 15.9 Å². The molecule has 0 saturated carbocycles. The Morgan fingerprint density at radius 1 is 1.39 bits per heavy atom. The molecule has 0 aromatic carbocycles. The number of H-pyrrole nitrogens is 2. The van der Waals surface area contributed by atoms with Crippen molar-refractivity contribution in [2.75, 3.05) is 0 Å². The number of aromatic nitrogens is 6. The Balaban J connectivity index is 2.08. The van der Waals surface area contributed by atoms with E-state index in [1.165, 1.54) is 0 Å². The molecule has 3 N–H and O–H groups in total. The number of rotatable bonds is 3. The average Bonchev–Trinajstić information content (AvgIpc) is 3.01. The number of nitrogens with one attached hydrogen (secondary N) is 3. The van der Waals surface area contributed by atoms with Crippen LogP contribution in [-0.4, -0.2) is 29.7 Å². The van der Waals surface area contributed by atoms with Gasteiger partial charge < -0.3 is 9.55 Å². The van der Waals surface area contributed by atoms with Crippen molar-refractivity contribution in [3.05, 3.63) is 35.6 Å². The Morgan fingerprint density at radius 2 is 2.28 bits per heavy atom. The summed E-state index contributed by atoms with van der Waals surface area (Å²) in [7, 11) is 0. The van der Waals surface area contributed by atoms with Crippen LogP contribution in [0, 0.1) is 5.41 Å². The van der Waals surface area contributed by atoms with Gasteiger partial charge >= 0.3 is 0 Å². The Labute approximate surface area is 110 Å². The molecule has 3 rings (SSSR count). The maximum Gasteiger partial charge on any atom is 0.173 e. The van der Waals surface area contributed by atoms with Gasteiger partial charge in [0.05, 0.1) is 31.1 Å². The first-order chi connectivity index (χ1) is 8.79. The number of aromatic amines is 2. The SMILES string of the molecule is N=c1ncn(Cc2[nH]ncc2CBr)c2nc[nH]c12. The van der Waals surface area contributed by atoms with Gasteiger partial charge in [0.25, 0.3) is 0 Å². The van der Waals surface area contributed by atoms with Gasteiger partial charge in [-0.05, 0) is 0 Å². The normalized spacial score (nSPS) is 11.2. The molecular formula is C10H10BrN7. The van der Waals surface area contributed by atoms with E-state index in [0.29, 0.717) is 17.7 Å². The zero-order chi connectivity index (χ0) is 12.5. The van der Waals surface area contributed by atoms with Gasteiger partial charge in [0.1, 0.15) is 5.52 Å². The molecular weight excluding hydrogens is 298 g/mol. The number of hydrogen-bond donors (Lipinski definition) is 3. The molecule has 92 valence electrons. The molecule has 0 amide bonds. The summed E-state index contributed by atoms with van der Waals surface area (Å²) in [6.45, 7) is 0.593. The molecule has 0 aliphatic heterocycles. The summed E-state index contributed by atoms with van der Waals surface area (Å²) < 4.78 is 1.88. The van der Waals surface area contributed by atoms with Gasteiger partial charge in [-0.2, -0.15) is 5.10 Å². The summed E-state index contributed by atoms with van der Waals surface area (Å²) >= 11 is 3.42. The predicted molar refractivity (Wildman–Crippen MR) is 68.1 cm³/mol. The first-order valence-corrected chi connectivity index (χ1v) is 6.42. The van der Waals surface area contributed by atoms with Crippen LogP contribution in [0.5, 0.6) is 0 Å². The van der Waals surface area contributed by atoms with Crippen LogP contribution in [0.2, 0.25) is 0 Å². The monoisotopic (exact) mass is 307 g/mol. The molecule has 0 saturated heterocycles. The van der Waals surface area contributed by atoms with E-state index < -0.39 is 0 Å². The van der Waals surface area contributed by atoms with E-state index in [1.54, 1.807) is 18.9 Å². The molecule has 0 aliphatic carbocycles. The zero-order valence-corrected chi connectivity index (χ0v) is 10.9. The minimum absolute atomic E-state index is 0.198. The van der Waals surface area contributed by atoms with Crippen molar-refractivity contribution in [3.8, 4) is 0 Å². The highest BCUT2D eigenvalue weighted by Gasteiger charge is 2.08. The molecule has 3 aromatic heterocycles. The first-order valence-electron chi connectivity index (χ1n) is 5.30. The standard InChI is InChI=1S/C10H10BrN7/c11-1-6-2-16-17-7(6)3-18-5-15-9(12)8-10(18)14-4-13-8/h2,4-5,12H,1,3H2,(H,13,14)(H,16,17). The third kappa shape index (κ3) is 1.74. The first kappa shape index (κ1) is 11.1. The summed E-state index contributed by atoms with van der Waals surface area (Å²) in [5.74, 6) is 0. The Morgan fingerprint density at radius 3 is 3.11 bits per heavy atom. The molecule has 0 radical (unpaired) electrons. The van der Waals surface area contributed by atoms with E-state index in [2.05, 4.69) is 41.1 Å². The van der Waals surface area contributed by atoms with E-state index in [-0.39, 0.29) is 5.49 Å². The van der Waals surface area contributed by atoms with Crippen molar-refractivity contribution in [2.45, 2.75) is 11.9 Å². The second kappa shape index (κ2) is 4.37. The van der Waals surface area contributed by atoms with Gasteiger partial charge in [0.2, 0.25) is 0 Å². The summed E-state index contributed by atoms with van der Waals surface area (Å²) in [5.41, 5.74) is 3.65. The summed E-state index contributed by atoms with van der Waals surface area (Å²) in [6, 6.07) is 0. The molecule has 0 atom stereocenters. The molecule has 3 aromatic rings. The van der Waals surface area contributed by atoms with Crippen LogP contribution in [0.1, 0.15) is 11.3 Å². The highest BCUT2D eigenvalue weighted by atomic mass is 79.9. The lowest BCUT2D eigenvalue weighted by molar-refractivity contribution is 0.754. The number of fused-ring (bicyclic) bond motifs is 1. The number of alkyl halides is 1. The molecule has 0 unspecified atom stereocenters. The van der Waals surface area contributed by atoms with Crippen molar-refractivity contribution < 1.29 is 0 Å². The predicted octanol–water partition coefficient (Wildman–Crippen LogP) is 0.905. The largest absolute Gasteiger partial charge is 0.340 e. The molecule has 3 heterocycles. The van der Waals surface area contributed by atoms with Crippen LogP contribution < -0.4 is 5.49 Å². The Hall–Kier alpha value is -1.96. The summed E-state index contributed by atoms with van der Waals surface area (Å²) in [4.78, 5) is 11.2. The number of nitrogens with zero attached hydrogens (tertiary/aromatic N) is 4. The highest BCUT2D eigenvalue weighted by molar-refractivity contribution is 9.08. The number of halogens is 1. The summed E-state index contributed by atoms with van der Waals surface area (Å²) in [5, 5.41) is 15.4. The molecule has 0 fully saturated rings. The average molecular weight is 308 g/mol. The lowest BCUT2D eigenvalue weighted by atomic mass is 10.3. The summed E-state index contributed by atoms with van der Waals surface area (Å²) in [6.07, 6.45) is 4.97. The maximum absolute atomic E-state index is 7.68. The van der Waals surface area contributed by atoms with E-state index in [0.717, 1.165) is 16.6 Å². The van der Waals surface area contributed by atoms with Gasteiger partial charge in [-0.15, -0.1) is 0 Å². The molecule has 0 spiro atoms. The fourth-order valence-electron chi connectivity index (χ4n) is 1.80. The second-order valence-electron chi connectivity index (χ2n) is 3.83. The number of imidazole rings is 1. The van der Waals surface area contributed by atoms with Crippen molar-refractivity contribution in [3.63, 3.8) is 0 Å². The molecule has 0 bridgehead atoms. The zero-order valence-electron chi connectivity index (χ0n) is 9.31. The Kier molecular flexibility index (Phi) is 2.71. The lowest BCUT2D eigenvalue weighted by Gasteiger charge is -2.06. The van der Waals surface area contributed by atoms with Crippen molar-refractivity contribution in [2.24, 2.45) is 0 Å². The third-order valence-corrected chi connectivity index (χ3v) is 3.34. The third-order valence-electron chi connectivity index (χ3n) is 2.73. The fraction of sp³-hybridized carbons (Fsp3) is 0.200. The van der Waals surface area contributed by atoms with E-state index in [4.69, 9.17) is 5.41 Å². The topological polar surface area (TPSA) is 99.0 Å². The quantitative estimate of drug-likeness (QED) is 0.627. The minimum atomic E-state index is 0.198. The number of hydrogen-bond acceptors (Lipinski definition) is 4. The molecule has 7 nitrogen and oxygen atoms in total. The highest BCUT2D eigenvalue weighted by Crippen LogP contribution is 2.12. The fourth-order valence-corrected chi connectivity index (χ4v) is 2.28. The molecule has 8 heteroatoms. The van der Waals surface area contributed by atoms with Crippen molar-refractivity contribution in [1.29, 1.82) is 5.41 Å². The molecule has 18 heavy (non-hydrogen) atoms. The van der Waals surface area contributed by atoms with E-state index in [9.17, 15) is 0 Å². The van der Waals surface area contributed by atoms with Crippen LogP contribution in [0.4, 0.5) is 0 Å². The van der Waals surface area contributed by atoms with E-state index in [1.807, 2.05) is 4.57 Å². The minimum Gasteiger partial charge on any atom is -0.340 e. The Bertz CT molecular complexity index is 738. The van der Waals surface area contributed by atoms with Crippen LogP contribution in [-0.2, 0) is 11.9 Å². The van der Waals surface area contributed by atoms with E-state index >= 15 is 0 Å². The van der Waals surface area contributed by atoms with Gasteiger partial charge in [0.15, 0.2) is 11.1 Å². The second-order valence-corrected chi connectivity index (χ2v) is 4.39. The van der Waals surface area contributed by atoms with Crippen LogP contribution >= 0.6 is 15.9 Å². The van der Waals surface area contributed by atoms with Crippen molar-refractivity contribution >= 4 is 27.1 Å². The van der Waals surface area contributed by atoms with Crippen LogP contribution in [0.3, 0.4) is 0 Å². The van der Waals surface area contributed by atoms with Gasteiger partial charge in [-0.25, -0.2) is 9.97 Å². The van der Waals surface area contributed by atoms with Gasteiger partial charge in [0, 0.05) is 10.9 Å². The molecule has 0 aliphatic rings. The van der Waals surface area contributed by atoms with Crippen molar-refractivity contribution in [1.82, 2.24) is 29.7 Å². The van der Waals surface area contributed by atoms with Gasteiger partial charge in [-0.3, -0.25) is 10.5 Å². The van der Waals surface area contributed by atoms with Crippen LogP contribution in [0.25, 0.3) is 11.2 Å². The smallest absolute Gasteiger partial charge is 0.173 e.